The summed E-state index contributed by atoms with van der Waals surface area (Å²) in [5.41, 5.74) is 1.05. The van der Waals surface area contributed by atoms with Crippen molar-refractivity contribution in [3.8, 4) is 6.07 Å². The molecule has 0 aliphatic heterocycles. The second-order valence-electron chi connectivity index (χ2n) is 5.87. The number of benzene rings is 1. The van der Waals surface area contributed by atoms with Gasteiger partial charge in [0, 0.05) is 6.04 Å². The van der Waals surface area contributed by atoms with Gasteiger partial charge in [0.1, 0.15) is 28.7 Å². The van der Waals surface area contributed by atoms with Gasteiger partial charge in [0.2, 0.25) is 0 Å². The Morgan fingerprint density at radius 1 is 1.44 bits per heavy atom. The lowest BCUT2D eigenvalue weighted by Gasteiger charge is -2.12. The quantitative estimate of drug-likeness (QED) is 0.412. The predicted molar refractivity (Wildman–Crippen MR) is 98.4 cm³/mol. The van der Waals surface area contributed by atoms with Crippen LogP contribution in [0.3, 0.4) is 0 Å². The summed E-state index contributed by atoms with van der Waals surface area (Å²) in [5, 5.41) is 29.3. The molecule has 0 amide bonds. The van der Waals surface area contributed by atoms with Gasteiger partial charge in [-0.1, -0.05) is 23.9 Å². The fraction of sp³-hybridized carbons (Fsp3) is 0.294. The summed E-state index contributed by atoms with van der Waals surface area (Å²) in [6.45, 7) is 1.86. The van der Waals surface area contributed by atoms with Crippen molar-refractivity contribution in [3.63, 3.8) is 0 Å². The molecule has 1 unspecified atom stereocenters. The molecule has 2 aromatic heterocycles. The van der Waals surface area contributed by atoms with E-state index in [1.807, 2.05) is 35.8 Å². The smallest absolute Gasteiger partial charge is 0.191 e. The van der Waals surface area contributed by atoms with Crippen LogP contribution in [0.5, 0.6) is 0 Å². The van der Waals surface area contributed by atoms with Gasteiger partial charge in [-0.25, -0.2) is 4.98 Å². The van der Waals surface area contributed by atoms with Crippen LogP contribution in [0.1, 0.15) is 30.8 Å². The van der Waals surface area contributed by atoms with E-state index in [0.717, 1.165) is 28.2 Å². The number of hydrogen-bond donors (Lipinski definition) is 1. The SMILES string of the molecule is CC(Sc1nncn1C1CC1)/C(O)=C(\C#N)c1nc2ccccc2s1. The number of hydrogen-bond acceptors (Lipinski definition) is 7. The minimum absolute atomic E-state index is 0.0249. The predicted octanol–water partition coefficient (Wildman–Crippen LogP) is 4.20. The first-order chi connectivity index (χ1) is 12.2. The number of allylic oxidation sites excluding steroid dienone is 1. The number of nitrogens with zero attached hydrogens (tertiary/aromatic N) is 5. The van der Waals surface area contributed by atoms with Crippen LogP contribution in [0.25, 0.3) is 15.8 Å². The summed E-state index contributed by atoms with van der Waals surface area (Å²) in [5.74, 6) is 0.0249. The number of aliphatic hydroxyl groups excluding tert-OH is 1. The zero-order valence-corrected chi connectivity index (χ0v) is 15.1. The second kappa shape index (κ2) is 6.50. The molecule has 0 saturated heterocycles. The highest BCUT2D eigenvalue weighted by atomic mass is 32.2. The number of aromatic nitrogens is 4. The van der Waals surface area contributed by atoms with Crippen LogP contribution in [-0.2, 0) is 0 Å². The lowest BCUT2D eigenvalue weighted by molar-refractivity contribution is 0.402. The summed E-state index contributed by atoms with van der Waals surface area (Å²) in [7, 11) is 0. The number of aliphatic hydroxyl groups is 1. The molecule has 1 fully saturated rings. The van der Waals surface area contributed by atoms with Crippen molar-refractivity contribution in [1.29, 1.82) is 5.26 Å². The molecule has 1 N–H and O–H groups in total. The zero-order valence-electron chi connectivity index (χ0n) is 13.5. The number of thiazole rings is 1. The van der Waals surface area contributed by atoms with Gasteiger partial charge in [0.05, 0.1) is 15.5 Å². The van der Waals surface area contributed by atoms with E-state index in [0.29, 0.717) is 11.0 Å². The normalized spacial score (nSPS) is 16.5. The van der Waals surface area contributed by atoms with Crippen molar-refractivity contribution in [3.05, 3.63) is 41.4 Å². The number of thioether (sulfide) groups is 1. The third-order valence-corrected chi connectivity index (χ3v) is 6.16. The molecule has 6 nitrogen and oxygen atoms in total. The maximum absolute atomic E-state index is 10.6. The van der Waals surface area contributed by atoms with Gasteiger partial charge in [-0.15, -0.1) is 21.5 Å². The summed E-state index contributed by atoms with van der Waals surface area (Å²) >= 11 is 2.81. The number of fused-ring (bicyclic) bond motifs is 1. The second-order valence-corrected chi connectivity index (χ2v) is 8.21. The van der Waals surface area contributed by atoms with Crippen LogP contribution >= 0.6 is 23.1 Å². The third kappa shape index (κ3) is 3.13. The molecule has 1 aromatic carbocycles. The first kappa shape index (κ1) is 16.1. The fourth-order valence-electron chi connectivity index (χ4n) is 2.53. The van der Waals surface area contributed by atoms with E-state index in [1.165, 1.54) is 23.1 Å². The van der Waals surface area contributed by atoms with Gasteiger partial charge >= 0.3 is 0 Å². The van der Waals surface area contributed by atoms with Crippen molar-refractivity contribution < 1.29 is 5.11 Å². The highest BCUT2D eigenvalue weighted by Gasteiger charge is 2.28. The lowest BCUT2D eigenvalue weighted by atomic mass is 10.2. The molecule has 1 aliphatic rings. The molecule has 1 atom stereocenters. The van der Waals surface area contributed by atoms with Crippen LogP contribution in [0.4, 0.5) is 0 Å². The standard InChI is InChI=1S/C17H15N5OS2/c1-10(24-17-21-19-9-22(17)11-6-7-11)15(23)12(8-18)16-20-13-4-2-3-5-14(13)25-16/h2-5,9-11,23H,6-7H2,1H3/b15-12-. The Bertz CT molecular complexity index is 963. The Labute approximate surface area is 152 Å². The van der Waals surface area contributed by atoms with E-state index in [4.69, 9.17) is 0 Å². The van der Waals surface area contributed by atoms with Crippen LogP contribution in [-0.4, -0.2) is 30.1 Å². The van der Waals surface area contributed by atoms with Crippen LogP contribution in [0, 0.1) is 11.3 Å². The Morgan fingerprint density at radius 3 is 2.96 bits per heavy atom. The van der Waals surface area contributed by atoms with Gasteiger partial charge in [0.15, 0.2) is 5.16 Å². The molecule has 8 heteroatoms. The van der Waals surface area contributed by atoms with Gasteiger partial charge < -0.3 is 9.67 Å². The zero-order chi connectivity index (χ0) is 17.4. The first-order valence-electron chi connectivity index (χ1n) is 7.92. The van der Waals surface area contributed by atoms with Gasteiger partial charge in [-0.3, -0.25) is 0 Å². The van der Waals surface area contributed by atoms with E-state index >= 15 is 0 Å². The van der Waals surface area contributed by atoms with Gasteiger partial charge in [0.25, 0.3) is 0 Å². The monoisotopic (exact) mass is 369 g/mol. The fourth-order valence-corrected chi connectivity index (χ4v) is 4.46. The molecule has 3 aromatic rings. The molecule has 0 spiro atoms. The minimum atomic E-state index is -0.316. The summed E-state index contributed by atoms with van der Waals surface area (Å²) in [6, 6.07) is 10.3. The Hall–Kier alpha value is -2.37. The van der Waals surface area contributed by atoms with Crippen LogP contribution in [0.2, 0.25) is 0 Å². The van der Waals surface area contributed by atoms with E-state index in [1.54, 1.807) is 6.33 Å². The van der Waals surface area contributed by atoms with Crippen molar-refractivity contribution in [2.45, 2.75) is 36.2 Å². The van der Waals surface area contributed by atoms with E-state index in [-0.39, 0.29) is 16.6 Å². The molecule has 4 rings (SSSR count). The lowest BCUT2D eigenvalue weighted by Crippen LogP contribution is -2.06. The molecule has 1 aliphatic carbocycles. The van der Waals surface area contributed by atoms with Crippen molar-refractivity contribution in [1.82, 2.24) is 19.7 Å². The van der Waals surface area contributed by atoms with E-state index in [9.17, 15) is 10.4 Å². The largest absolute Gasteiger partial charge is 0.510 e. The minimum Gasteiger partial charge on any atom is -0.510 e. The molecule has 126 valence electrons. The number of rotatable bonds is 5. The first-order valence-corrected chi connectivity index (χ1v) is 9.62. The summed E-state index contributed by atoms with van der Waals surface area (Å²) in [6.07, 6.45) is 4.00. The third-order valence-electron chi connectivity index (χ3n) is 4.02. The highest BCUT2D eigenvalue weighted by Crippen LogP contribution is 2.39. The molecule has 2 heterocycles. The summed E-state index contributed by atoms with van der Waals surface area (Å²) < 4.78 is 3.03. The molecule has 0 bridgehead atoms. The van der Waals surface area contributed by atoms with Gasteiger partial charge in [-0.05, 0) is 31.9 Å². The Balaban J connectivity index is 1.64. The van der Waals surface area contributed by atoms with Crippen molar-refractivity contribution >= 4 is 38.9 Å². The van der Waals surface area contributed by atoms with E-state index < -0.39 is 0 Å². The van der Waals surface area contributed by atoms with Crippen LogP contribution in [0.15, 0.2) is 41.5 Å². The van der Waals surface area contributed by atoms with Gasteiger partial charge in [-0.2, -0.15) is 5.26 Å². The topological polar surface area (TPSA) is 87.6 Å². The molecule has 25 heavy (non-hydrogen) atoms. The average molecular weight is 369 g/mol. The summed E-state index contributed by atoms with van der Waals surface area (Å²) in [4.78, 5) is 4.48. The molecular weight excluding hydrogens is 354 g/mol. The Morgan fingerprint density at radius 2 is 2.24 bits per heavy atom. The maximum Gasteiger partial charge on any atom is 0.191 e. The van der Waals surface area contributed by atoms with Crippen LogP contribution < -0.4 is 0 Å². The Kier molecular flexibility index (Phi) is 4.19. The molecule has 0 radical (unpaired) electrons. The average Bonchev–Trinajstić information content (AvgIpc) is 3.20. The van der Waals surface area contributed by atoms with E-state index in [2.05, 4.69) is 21.3 Å². The number of nitriles is 1. The highest BCUT2D eigenvalue weighted by molar-refractivity contribution is 7.99. The number of para-hydroxylation sites is 1. The molecule has 1 saturated carbocycles. The molecular formula is C17H15N5OS2. The van der Waals surface area contributed by atoms with Crippen molar-refractivity contribution in [2.24, 2.45) is 0 Å². The van der Waals surface area contributed by atoms with Crippen molar-refractivity contribution in [2.75, 3.05) is 0 Å². The maximum atomic E-state index is 10.6.